The van der Waals surface area contributed by atoms with Crippen molar-refractivity contribution in [1.29, 1.82) is 0 Å². The Balaban J connectivity index is 4.02. The summed E-state index contributed by atoms with van der Waals surface area (Å²) in [6.45, 7) is 1.51. The highest BCUT2D eigenvalue weighted by Gasteiger charge is 2.22. The van der Waals surface area contributed by atoms with E-state index in [1.807, 2.05) is 6.92 Å². The third kappa shape index (κ3) is 4.16. The van der Waals surface area contributed by atoms with Crippen molar-refractivity contribution in [2.75, 3.05) is 14.1 Å². The standard InChI is InChI=1S/C6H17N2OPS/c1-5-6(2)11-10(7,9)8(3)4/h6H,5H2,1-4H3,(H2,7,9). The van der Waals surface area contributed by atoms with Gasteiger partial charge >= 0.3 is 0 Å². The summed E-state index contributed by atoms with van der Waals surface area (Å²) in [6.07, 6.45) is 1.000. The third-order valence-electron chi connectivity index (χ3n) is 1.46. The van der Waals surface area contributed by atoms with Crippen LogP contribution in [0.4, 0.5) is 0 Å². The summed E-state index contributed by atoms with van der Waals surface area (Å²) in [5, 5.41) is 0.369. The maximum Gasteiger partial charge on any atom is 0.266 e. The lowest BCUT2D eigenvalue weighted by atomic mass is 10.4. The van der Waals surface area contributed by atoms with Gasteiger partial charge in [-0.15, -0.1) is 0 Å². The largest absolute Gasteiger partial charge is 0.277 e. The second kappa shape index (κ2) is 4.51. The molecule has 0 heterocycles. The van der Waals surface area contributed by atoms with Gasteiger partial charge in [-0.1, -0.05) is 25.2 Å². The molecule has 0 rings (SSSR count). The van der Waals surface area contributed by atoms with Gasteiger partial charge in [0, 0.05) is 5.25 Å². The monoisotopic (exact) mass is 196 g/mol. The van der Waals surface area contributed by atoms with E-state index in [0.717, 1.165) is 6.42 Å². The van der Waals surface area contributed by atoms with Crippen LogP contribution < -0.4 is 5.50 Å². The Bertz CT molecular complexity index is 163. The molecule has 2 atom stereocenters. The van der Waals surface area contributed by atoms with Gasteiger partial charge in [-0.3, -0.25) is 10.1 Å². The first-order valence-electron chi connectivity index (χ1n) is 3.65. The zero-order chi connectivity index (χ0) is 9.07. The molecule has 0 aliphatic rings. The smallest absolute Gasteiger partial charge is 0.266 e. The summed E-state index contributed by atoms with van der Waals surface area (Å²) in [5.74, 6) is 0. The molecule has 0 aliphatic carbocycles. The second-order valence-corrected chi connectivity index (χ2v) is 7.88. The fraction of sp³-hybridized carbons (Fsp3) is 1.00. The van der Waals surface area contributed by atoms with E-state index in [0.29, 0.717) is 5.25 Å². The van der Waals surface area contributed by atoms with Crippen molar-refractivity contribution in [1.82, 2.24) is 4.67 Å². The first kappa shape index (κ1) is 11.5. The number of hydrogen-bond donors (Lipinski definition) is 1. The highest BCUT2D eigenvalue weighted by Crippen LogP contribution is 2.55. The summed E-state index contributed by atoms with van der Waals surface area (Å²) in [6, 6.07) is 0. The molecule has 0 aromatic heterocycles. The molecule has 2 unspecified atom stereocenters. The van der Waals surface area contributed by atoms with Crippen molar-refractivity contribution in [3.05, 3.63) is 0 Å². The van der Waals surface area contributed by atoms with Gasteiger partial charge in [0.25, 0.3) is 6.65 Å². The molecule has 0 bridgehead atoms. The first-order chi connectivity index (χ1) is 4.90. The molecule has 0 aliphatic heterocycles. The van der Waals surface area contributed by atoms with Crippen LogP contribution in [0.3, 0.4) is 0 Å². The van der Waals surface area contributed by atoms with E-state index in [2.05, 4.69) is 6.92 Å². The molecule has 0 aromatic rings. The lowest BCUT2D eigenvalue weighted by Gasteiger charge is -2.21. The molecule has 0 radical (unpaired) electrons. The Hall–Kier alpha value is 0.500. The molecule has 0 fully saturated rings. The summed E-state index contributed by atoms with van der Waals surface area (Å²) in [5.41, 5.74) is 5.58. The molecule has 0 saturated carbocycles. The molecule has 11 heavy (non-hydrogen) atoms. The lowest BCUT2D eigenvalue weighted by Crippen LogP contribution is -2.14. The summed E-state index contributed by atoms with van der Waals surface area (Å²) in [7, 11) is 3.49. The molecule has 0 aromatic carbocycles. The maximum atomic E-state index is 11.5. The molecule has 68 valence electrons. The van der Waals surface area contributed by atoms with Gasteiger partial charge in [0.05, 0.1) is 0 Å². The molecule has 0 spiro atoms. The summed E-state index contributed by atoms with van der Waals surface area (Å²) in [4.78, 5) is 0. The minimum Gasteiger partial charge on any atom is -0.277 e. The average molecular weight is 196 g/mol. The Kier molecular flexibility index (Phi) is 4.71. The number of rotatable bonds is 4. The van der Waals surface area contributed by atoms with Gasteiger partial charge < -0.3 is 0 Å². The van der Waals surface area contributed by atoms with Crippen LogP contribution in [0, 0.1) is 0 Å². The molecule has 0 amide bonds. The van der Waals surface area contributed by atoms with Gasteiger partial charge in [0.2, 0.25) is 0 Å². The Labute approximate surface area is 72.9 Å². The quantitative estimate of drug-likeness (QED) is 0.700. The fourth-order valence-electron chi connectivity index (χ4n) is 0.427. The van der Waals surface area contributed by atoms with Crippen molar-refractivity contribution in [3.63, 3.8) is 0 Å². The molecular weight excluding hydrogens is 179 g/mol. The summed E-state index contributed by atoms with van der Waals surface area (Å²) < 4.78 is 13.2. The third-order valence-corrected chi connectivity index (χ3v) is 6.54. The normalized spacial score (nSPS) is 19.8. The van der Waals surface area contributed by atoms with Crippen LogP contribution in [0.5, 0.6) is 0 Å². The van der Waals surface area contributed by atoms with Crippen molar-refractivity contribution < 1.29 is 4.57 Å². The molecule has 2 N–H and O–H groups in total. The highest BCUT2D eigenvalue weighted by molar-refractivity contribution is 8.56. The minimum absolute atomic E-state index is 0.369. The topological polar surface area (TPSA) is 46.3 Å². The van der Waals surface area contributed by atoms with Crippen LogP contribution in [-0.2, 0) is 4.57 Å². The van der Waals surface area contributed by atoms with Crippen LogP contribution in [0.25, 0.3) is 0 Å². The van der Waals surface area contributed by atoms with Gasteiger partial charge in [0.15, 0.2) is 0 Å². The van der Waals surface area contributed by atoms with E-state index in [-0.39, 0.29) is 0 Å². The Morgan fingerprint density at radius 1 is 1.64 bits per heavy atom. The number of nitrogens with two attached hydrogens (primary N) is 1. The zero-order valence-electron chi connectivity index (χ0n) is 7.57. The Morgan fingerprint density at radius 2 is 2.09 bits per heavy atom. The van der Waals surface area contributed by atoms with E-state index >= 15 is 0 Å². The summed E-state index contributed by atoms with van der Waals surface area (Å²) >= 11 is 1.37. The maximum absolute atomic E-state index is 11.5. The highest BCUT2D eigenvalue weighted by atomic mass is 32.7. The predicted octanol–water partition coefficient (Wildman–Crippen LogP) is 2.15. The van der Waals surface area contributed by atoms with Crippen LogP contribution in [0.1, 0.15) is 20.3 Å². The molecule has 5 heteroatoms. The van der Waals surface area contributed by atoms with Gasteiger partial charge in [-0.2, -0.15) is 0 Å². The molecule has 0 saturated heterocycles. The van der Waals surface area contributed by atoms with E-state index in [4.69, 9.17) is 5.50 Å². The van der Waals surface area contributed by atoms with Gasteiger partial charge in [0.1, 0.15) is 0 Å². The first-order valence-corrected chi connectivity index (χ1v) is 6.86. The van der Waals surface area contributed by atoms with Crippen LogP contribution in [0.15, 0.2) is 0 Å². The predicted molar refractivity (Wildman–Crippen MR) is 52.8 cm³/mol. The van der Waals surface area contributed by atoms with Crippen molar-refractivity contribution in [2.45, 2.75) is 25.5 Å². The van der Waals surface area contributed by atoms with E-state index < -0.39 is 6.65 Å². The van der Waals surface area contributed by atoms with Gasteiger partial charge in [-0.05, 0) is 20.5 Å². The molecular formula is C6H17N2OPS. The van der Waals surface area contributed by atoms with Crippen LogP contribution in [0.2, 0.25) is 0 Å². The van der Waals surface area contributed by atoms with Crippen molar-refractivity contribution >= 4 is 18.0 Å². The lowest BCUT2D eigenvalue weighted by molar-refractivity contribution is 0.531. The van der Waals surface area contributed by atoms with Gasteiger partial charge in [-0.25, -0.2) is 4.67 Å². The minimum atomic E-state index is -2.59. The van der Waals surface area contributed by atoms with Crippen LogP contribution >= 0.6 is 18.0 Å². The fourth-order valence-corrected chi connectivity index (χ4v) is 3.84. The number of nitrogens with zero attached hydrogens (tertiary/aromatic N) is 1. The second-order valence-electron chi connectivity index (χ2n) is 2.74. The van der Waals surface area contributed by atoms with Crippen molar-refractivity contribution in [3.8, 4) is 0 Å². The Morgan fingerprint density at radius 3 is 2.36 bits per heavy atom. The average Bonchev–Trinajstić information content (AvgIpc) is 1.86. The van der Waals surface area contributed by atoms with E-state index in [1.165, 1.54) is 11.4 Å². The molecule has 3 nitrogen and oxygen atoms in total. The SMILES string of the molecule is CCC(C)SP(N)(=O)N(C)C. The van der Waals surface area contributed by atoms with E-state index in [9.17, 15) is 4.57 Å². The van der Waals surface area contributed by atoms with Crippen molar-refractivity contribution in [2.24, 2.45) is 5.50 Å². The van der Waals surface area contributed by atoms with E-state index in [1.54, 1.807) is 18.8 Å². The van der Waals surface area contributed by atoms with Crippen LogP contribution in [-0.4, -0.2) is 24.0 Å². The number of hydrogen-bond acceptors (Lipinski definition) is 2. The zero-order valence-corrected chi connectivity index (χ0v) is 9.28.